The standard InChI is InChI=1S/C18H26ClN3O3S/c1-4-26(24,25)22-7-5-13(6-8-22)18(2,3)17(23)15-10-14(19)9-12-11-20-21-16(12)15/h9-11,13,17,23H,4-8H2,1-3H3,(H,20,21). The average Bonchev–Trinajstić information content (AvgIpc) is 3.08. The van der Waals surface area contributed by atoms with E-state index in [0.29, 0.717) is 18.1 Å². The molecule has 0 aliphatic carbocycles. The Bertz CT molecular complexity index is 886. The molecule has 144 valence electrons. The van der Waals surface area contributed by atoms with E-state index < -0.39 is 21.5 Å². The van der Waals surface area contributed by atoms with E-state index in [9.17, 15) is 13.5 Å². The largest absolute Gasteiger partial charge is 0.388 e. The van der Waals surface area contributed by atoms with Gasteiger partial charge in [0.15, 0.2) is 0 Å². The van der Waals surface area contributed by atoms with Crippen LogP contribution in [0.4, 0.5) is 0 Å². The maximum absolute atomic E-state index is 12.1. The summed E-state index contributed by atoms with van der Waals surface area (Å²) >= 11 is 6.22. The van der Waals surface area contributed by atoms with E-state index in [1.54, 1.807) is 23.5 Å². The van der Waals surface area contributed by atoms with Crippen molar-refractivity contribution in [2.45, 2.75) is 39.7 Å². The molecule has 1 unspecified atom stereocenters. The zero-order valence-electron chi connectivity index (χ0n) is 15.4. The molecule has 8 heteroatoms. The minimum Gasteiger partial charge on any atom is -0.388 e. The summed E-state index contributed by atoms with van der Waals surface area (Å²) in [6, 6.07) is 3.60. The highest BCUT2D eigenvalue weighted by Gasteiger charge is 2.41. The van der Waals surface area contributed by atoms with E-state index in [0.717, 1.165) is 29.3 Å². The fourth-order valence-electron chi connectivity index (χ4n) is 3.95. The molecule has 1 aromatic heterocycles. The highest BCUT2D eigenvalue weighted by molar-refractivity contribution is 7.89. The summed E-state index contributed by atoms with van der Waals surface area (Å²) in [6.07, 6.45) is 2.42. The van der Waals surface area contributed by atoms with Gasteiger partial charge >= 0.3 is 0 Å². The number of aliphatic hydroxyl groups excluding tert-OH is 1. The first kappa shape index (κ1) is 19.6. The van der Waals surface area contributed by atoms with Crippen molar-refractivity contribution in [3.63, 3.8) is 0 Å². The number of nitrogens with zero attached hydrogens (tertiary/aromatic N) is 2. The Morgan fingerprint density at radius 2 is 2.04 bits per heavy atom. The first-order valence-electron chi connectivity index (χ1n) is 8.95. The van der Waals surface area contributed by atoms with Gasteiger partial charge in [-0.15, -0.1) is 0 Å². The normalized spacial score (nSPS) is 19.1. The van der Waals surface area contributed by atoms with Crippen molar-refractivity contribution in [2.75, 3.05) is 18.8 Å². The summed E-state index contributed by atoms with van der Waals surface area (Å²) in [5.41, 5.74) is 1.10. The molecule has 1 aliphatic heterocycles. The topological polar surface area (TPSA) is 86.3 Å². The first-order valence-corrected chi connectivity index (χ1v) is 10.9. The van der Waals surface area contributed by atoms with Crippen molar-refractivity contribution < 1.29 is 13.5 Å². The molecule has 0 bridgehead atoms. The molecule has 0 saturated carbocycles. The number of aliphatic hydroxyl groups is 1. The maximum Gasteiger partial charge on any atom is 0.213 e. The molecule has 26 heavy (non-hydrogen) atoms. The molecule has 0 spiro atoms. The Morgan fingerprint density at radius 3 is 2.65 bits per heavy atom. The van der Waals surface area contributed by atoms with Crippen LogP contribution in [0.3, 0.4) is 0 Å². The summed E-state index contributed by atoms with van der Waals surface area (Å²) < 4.78 is 25.7. The highest BCUT2D eigenvalue weighted by Crippen LogP contribution is 2.46. The number of hydrogen-bond acceptors (Lipinski definition) is 4. The van der Waals surface area contributed by atoms with Crippen LogP contribution in [-0.4, -0.2) is 46.9 Å². The van der Waals surface area contributed by atoms with Gasteiger partial charge in [0.05, 0.1) is 23.6 Å². The summed E-state index contributed by atoms with van der Waals surface area (Å²) in [5, 5.41) is 19.6. The van der Waals surface area contributed by atoms with Crippen molar-refractivity contribution in [3.05, 3.63) is 28.9 Å². The van der Waals surface area contributed by atoms with E-state index in [4.69, 9.17) is 11.6 Å². The minimum atomic E-state index is -3.15. The van der Waals surface area contributed by atoms with Gasteiger partial charge in [0.1, 0.15) is 0 Å². The number of rotatable bonds is 5. The Hall–Kier alpha value is -1.15. The van der Waals surface area contributed by atoms with Gasteiger partial charge in [-0.25, -0.2) is 12.7 Å². The second-order valence-corrected chi connectivity index (χ2v) is 10.3. The van der Waals surface area contributed by atoms with Crippen LogP contribution in [0.2, 0.25) is 5.02 Å². The molecule has 2 heterocycles. The monoisotopic (exact) mass is 399 g/mol. The average molecular weight is 400 g/mol. The van der Waals surface area contributed by atoms with Gasteiger partial charge in [-0.1, -0.05) is 25.4 Å². The number of aromatic nitrogens is 2. The smallest absolute Gasteiger partial charge is 0.213 e. The first-order chi connectivity index (χ1) is 12.2. The number of hydrogen-bond donors (Lipinski definition) is 2. The van der Waals surface area contributed by atoms with Gasteiger partial charge in [0.2, 0.25) is 10.0 Å². The third-order valence-corrected chi connectivity index (χ3v) is 7.91. The molecule has 0 radical (unpaired) electrons. The van der Waals surface area contributed by atoms with Crippen molar-refractivity contribution in [2.24, 2.45) is 11.3 Å². The summed E-state index contributed by atoms with van der Waals surface area (Å²) in [4.78, 5) is 0. The fourth-order valence-corrected chi connectivity index (χ4v) is 5.31. The molecule has 1 aromatic carbocycles. The van der Waals surface area contributed by atoms with E-state index in [1.807, 2.05) is 19.9 Å². The number of sulfonamides is 1. The number of H-pyrrole nitrogens is 1. The van der Waals surface area contributed by atoms with E-state index in [2.05, 4.69) is 10.2 Å². The number of nitrogens with one attached hydrogen (secondary N) is 1. The number of aromatic amines is 1. The zero-order chi connectivity index (χ0) is 19.1. The van der Waals surface area contributed by atoms with Crippen molar-refractivity contribution >= 4 is 32.5 Å². The zero-order valence-corrected chi connectivity index (χ0v) is 16.9. The third-order valence-electron chi connectivity index (χ3n) is 5.81. The van der Waals surface area contributed by atoms with Crippen LogP contribution < -0.4 is 0 Å². The number of benzene rings is 1. The lowest BCUT2D eigenvalue weighted by atomic mass is 9.68. The Kier molecular flexibility index (Phi) is 5.36. The Morgan fingerprint density at radius 1 is 1.38 bits per heavy atom. The van der Waals surface area contributed by atoms with Gasteiger partial charge < -0.3 is 5.11 Å². The predicted molar refractivity (Wildman–Crippen MR) is 104 cm³/mol. The molecule has 2 aromatic rings. The predicted octanol–water partition coefficient (Wildman–Crippen LogP) is 3.34. The molecule has 1 fully saturated rings. The van der Waals surface area contributed by atoms with Crippen LogP contribution in [0.5, 0.6) is 0 Å². The SMILES string of the molecule is CCS(=O)(=O)N1CCC(C(C)(C)C(O)c2cc(Cl)cc3cn[nH]c23)CC1. The Balaban J connectivity index is 1.83. The van der Waals surface area contributed by atoms with Crippen LogP contribution in [0.15, 0.2) is 18.3 Å². The van der Waals surface area contributed by atoms with Crippen LogP contribution in [-0.2, 0) is 10.0 Å². The molecule has 3 rings (SSSR count). The summed E-state index contributed by atoms with van der Waals surface area (Å²) in [7, 11) is -3.15. The molecule has 0 amide bonds. The number of piperidine rings is 1. The third kappa shape index (κ3) is 3.50. The molecular weight excluding hydrogens is 374 g/mol. The molecule has 1 saturated heterocycles. The van der Waals surface area contributed by atoms with Gasteiger partial charge in [0.25, 0.3) is 0 Å². The molecule has 6 nitrogen and oxygen atoms in total. The van der Waals surface area contributed by atoms with Crippen LogP contribution in [0, 0.1) is 11.3 Å². The van der Waals surface area contributed by atoms with Crippen molar-refractivity contribution in [3.8, 4) is 0 Å². The van der Waals surface area contributed by atoms with Crippen LogP contribution in [0.1, 0.15) is 45.3 Å². The van der Waals surface area contributed by atoms with Gasteiger partial charge in [-0.3, -0.25) is 5.10 Å². The molecular formula is C18H26ClN3O3S. The lowest BCUT2D eigenvalue weighted by molar-refractivity contribution is -0.0113. The van der Waals surface area contributed by atoms with E-state index in [1.165, 1.54) is 0 Å². The second kappa shape index (κ2) is 7.11. The van der Waals surface area contributed by atoms with Crippen LogP contribution in [0.25, 0.3) is 10.9 Å². The van der Waals surface area contributed by atoms with Gasteiger partial charge in [0, 0.05) is 29.1 Å². The molecule has 1 aliphatic rings. The van der Waals surface area contributed by atoms with E-state index >= 15 is 0 Å². The lowest BCUT2D eigenvalue weighted by Crippen LogP contribution is -2.44. The maximum atomic E-state index is 12.1. The van der Waals surface area contributed by atoms with Crippen LogP contribution >= 0.6 is 11.6 Å². The minimum absolute atomic E-state index is 0.129. The van der Waals surface area contributed by atoms with Gasteiger partial charge in [-0.05, 0) is 43.2 Å². The van der Waals surface area contributed by atoms with Crippen molar-refractivity contribution in [1.29, 1.82) is 0 Å². The number of fused-ring (bicyclic) bond motifs is 1. The van der Waals surface area contributed by atoms with E-state index in [-0.39, 0.29) is 11.7 Å². The number of halogens is 1. The molecule has 1 atom stereocenters. The quantitative estimate of drug-likeness (QED) is 0.807. The summed E-state index contributed by atoms with van der Waals surface area (Å²) in [5.74, 6) is 0.335. The highest BCUT2D eigenvalue weighted by atomic mass is 35.5. The second-order valence-electron chi connectivity index (χ2n) is 7.63. The van der Waals surface area contributed by atoms with Gasteiger partial charge in [-0.2, -0.15) is 5.10 Å². The Labute approximate surface area is 159 Å². The fraction of sp³-hybridized carbons (Fsp3) is 0.611. The van der Waals surface area contributed by atoms with Crippen molar-refractivity contribution in [1.82, 2.24) is 14.5 Å². The molecule has 2 N–H and O–H groups in total. The lowest BCUT2D eigenvalue weighted by Gasteiger charge is -2.43. The summed E-state index contributed by atoms with van der Waals surface area (Å²) in [6.45, 7) is 6.76.